The van der Waals surface area contributed by atoms with Gasteiger partial charge in [-0.05, 0) is 32.3 Å². The summed E-state index contributed by atoms with van der Waals surface area (Å²) < 4.78 is 10.7. The van der Waals surface area contributed by atoms with Crippen LogP contribution in [0.1, 0.15) is 47.2 Å². The van der Waals surface area contributed by atoms with Crippen LogP contribution in [0.2, 0.25) is 0 Å². The summed E-state index contributed by atoms with van der Waals surface area (Å²) in [6.45, 7) is 10.1. The number of anilines is 1. The lowest BCUT2D eigenvalue weighted by atomic mass is 10.1. The molecule has 158 valence electrons. The Morgan fingerprint density at radius 2 is 1.93 bits per heavy atom. The molecule has 4 heterocycles. The number of aryl methyl sites for hydroxylation is 1. The predicted octanol–water partition coefficient (Wildman–Crippen LogP) is 2.82. The highest BCUT2D eigenvalue weighted by Crippen LogP contribution is 2.35. The fourth-order valence-corrected chi connectivity index (χ4v) is 4.93. The van der Waals surface area contributed by atoms with Gasteiger partial charge in [-0.1, -0.05) is 6.42 Å². The van der Waals surface area contributed by atoms with Crippen LogP contribution < -0.4 is 5.43 Å². The average molecular weight is 420 g/mol. The van der Waals surface area contributed by atoms with Gasteiger partial charge in [0.05, 0.1) is 31.8 Å². The molecule has 2 saturated heterocycles. The summed E-state index contributed by atoms with van der Waals surface area (Å²) in [5, 5.41) is 3.15. The van der Waals surface area contributed by atoms with Crippen molar-refractivity contribution in [2.75, 3.05) is 51.4 Å². The second kappa shape index (κ2) is 9.34. The fourth-order valence-electron chi connectivity index (χ4n) is 3.84. The van der Waals surface area contributed by atoms with Crippen LogP contribution in [0.4, 0.5) is 5.82 Å². The quantitative estimate of drug-likeness (QED) is 0.716. The molecule has 0 aromatic carbocycles. The van der Waals surface area contributed by atoms with E-state index in [-0.39, 0.29) is 5.97 Å². The monoisotopic (exact) mass is 419 g/mol. The van der Waals surface area contributed by atoms with Crippen molar-refractivity contribution in [3.05, 3.63) is 16.3 Å². The van der Waals surface area contributed by atoms with E-state index in [2.05, 4.69) is 15.3 Å². The molecule has 0 radical (unpaired) electrons. The van der Waals surface area contributed by atoms with Gasteiger partial charge in [-0.25, -0.2) is 19.8 Å². The van der Waals surface area contributed by atoms with Crippen LogP contribution in [-0.2, 0) is 16.0 Å². The van der Waals surface area contributed by atoms with Gasteiger partial charge in [0.15, 0.2) is 5.82 Å². The second-order valence-corrected chi connectivity index (χ2v) is 8.49. The normalized spacial score (nSPS) is 18.8. The van der Waals surface area contributed by atoms with Gasteiger partial charge in [0, 0.05) is 26.2 Å². The van der Waals surface area contributed by atoms with E-state index >= 15 is 0 Å². The van der Waals surface area contributed by atoms with Crippen molar-refractivity contribution in [3.63, 3.8) is 0 Å². The number of rotatable bonds is 6. The van der Waals surface area contributed by atoms with Crippen molar-refractivity contribution in [2.45, 2.75) is 39.7 Å². The van der Waals surface area contributed by atoms with Crippen LogP contribution in [0, 0.1) is 6.92 Å². The van der Waals surface area contributed by atoms with Crippen molar-refractivity contribution in [2.24, 2.45) is 0 Å². The van der Waals surface area contributed by atoms with E-state index in [9.17, 15) is 4.79 Å². The van der Waals surface area contributed by atoms with Gasteiger partial charge in [-0.3, -0.25) is 4.90 Å². The number of hydrazine groups is 1. The highest BCUT2D eigenvalue weighted by Gasteiger charge is 2.23. The molecule has 2 fully saturated rings. The Hall–Kier alpha value is -1.81. The van der Waals surface area contributed by atoms with Gasteiger partial charge in [-0.15, -0.1) is 11.3 Å². The summed E-state index contributed by atoms with van der Waals surface area (Å²) >= 11 is 1.40. The third-order valence-electron chi connectivity index (χ3n) is 5.39. The molecule has 0 aliphatic carbocycles. The molecular weight excluding hydrogens is 390 g/mol. The number of carbonyl (C=O) groups is 1. The Kier molecular flexibility index (Phi) is 6.59. The number of nitrogens with zero attached hydrogens (tertiary/aromatic N) is 4. The first kappa shape index (κ1) is 20.5. The second-order valence-electron chi connectivity index (χ2n) is 7.49. The van der Waals surface area contributed by atoms with Crippen molar-refractivity contribution >= 4 is 33.3 Å². The van der Waals surface area contributed by atoms with Crippen LogP contribution in [0.25, 0.3) is 10.2 Å². The minimum absolute atomic E-state index is 0.286. The van der Waals surface area contributed by atoms with E-state index in [1.54, 1.807) is 0 Å². The Morgan fingerprint density at radius 3 is 2.66 bits per heavy atom. The highest BCUT2D eigenvalue weighted by molar-refractivity contribution is 7.20. The number of thiophene rings is 1. The first-order valence-corrected chi connectivity index (χ1v) is 11.3. The largest absolute Gasteiger partial charge is 0.462 e. The number of esters is 1. The minimum Gasteiger partial charge on any atom is -0.462 e. The summed E-state index contributed by atoms with van der Waals surface area (Å²) in [6, 6.07) is 0. The lowest BCUT2D eigenvalue weighted by Crippen LogP contribution is -2.37. The first-order valence-electron chi connectivity index (χ1n) is 10.4. The minimum atomic E-state index is -0.286. The van der Waals surface area contributed by atoms with Crippen molar-refractivity contribution in [1.82, 2.24) is 19.9 Å². The van der Waals surface area contributed by atoms with Crippen molar-refractivity contribution < 1.29 is 14.3 Å². The van der Waals surface area contributed by atoms with Gasteiger partial charge in [0.1, 0.15) is 15.5 Å². The van der Waals surface area contributed by atoms with E-state index in [1.807, 2.05) is 13.8 Å². The summed E-state index contributed by atoms with van der Waals surface area (Å²) in [5.41, 5.74) is 4.41. The van der Waals surface area contributed by atoms with E-state index in [0.29, 0.717) is 18.0 Å². The third-order valence-corrected chi connectivity index (χ3v) is 6.55. The number of morpholine rings is 1. The number of piperidine rings is 1. The van der Waals surface area contributed by atoms with Gasteiger partial charge >= 0.3 is 5.97 Å². The number of hydrogen-bond donors (Lipinski definition) is 1. The molecule has 29 heavy (non-hydrogen) atoms. The van der Waals surface area contributed by atoms with E-state index in [0.717, 1.165) is 66.8 Å². The van der Waals surface area contributed by atoms with Crippen LogP contribution in [0.15, 0.2) is 0 Å². The van der Waals surface area contributed by atoms with Crippen molar-refractivity contribution in [1.29, 1.82) is 0 Å². The number of hydrogen-bond acceptors (Lipinski definition) is 9. The maximum absolute atomic E-state index is 12.4. The molecule has 0 atom stereocenters. The zero-order chi connectivity index (χ0) is 20.2. The van der Waals surface area contributed by atoms with Crippen LogP contribution in [0.3, 0.4) is 0 Å². The summed E-state index contributed by atoms with van der Waals surface area (Å²) in [6.07, 6.45) is 3.63. The zero-order valence-electron chi connectivity index (χ0n) is 17.2. The molecule has 2 aliphatic rings. The smallest absolute Gasteiger partial charge is 0.348 e. The first-order chi connectivity index (χ1) is 14.2. The Bertz CT molecular complexity index is 859. The maximum atomic E-state index is 12.4. The zero-order valence-corrected chi connectivity index (χ0v) is 18.0. The number of ether oxygens (including phenoxy) is 2. The molecule has 0 spiro atoms. The Balaban J connectivity index is 1.69. The van der Waals surface area contributed by atoms with Gasteiger partial charge in [0.2, 0.25) is 0 Å². The van der Waals surface area contributed by atoms with Crippen molar-refractivity contribution in [3.8, 4) is 0 Å². The van der Waals surface area contributed by atoms with Gasteiger partial charge < -0.3 is 14.9 Å². The van der Waals surface area contributed by atoms with Gasteiger partial charge in [0.25, 0.3) is 0 Å². The summed E-state index contributed by atoms with van der Waals surface area (Å²) in [4.78, 5) is 25.9. The topological polar surface area (TPSA) is 79.8 Å². The lowest BCUT2D eigenvalue weighted by molar-refractivity contribution is 0.0331. The molecule has 0 bridgehead atoms. The van der Waals surface area contributed by atoms with E-state index in [1.165, 1.54) is 30.6 Å². The SMILES string of the molecule is CCOC(=O)c1sc2nc(CN3CCOCC3)nc(NN3CCCCC3)c2c1C. The summed E-state index contributed by atoms with van der Waals surface area (Å²) in [5.74, 6) is 1.28. The number of fused-ring (bicyclic) bond motifs is 1. The Morgan fingerprint density at radius 1 is 1.17 bits per heavy atom. The average Bonchev–Trinajstić information content (AvgIpc) is 3.06. The molecule has 1 N–H and O–H groups in total. The molecule has 9 heteroatoms. The molecule has 0 unspecified atom stereocenters. The molecule has 2 aromatic heterocycles. The molecule has 0 amide bonds. The number of nitrogens with one attached hydrogen (secondary N) is 1. The van der Waals surface area contributed by atoms with E-state index < -0.39 is 0 Å². The number of carbonyl (C=O) groups excluding carboxylic acids is 1. The lowest BCUT2D eigenvalue weighted by Gasteiger charge is -2.28. The predicted molar refractivity (Wildman–Crippen MR) is 113 cm³/mol. The molecule has 2 aromatic rings. The maximum Gasteiger partial charge on any atom is 0.348 e. The fraction of sp³-hybridized carbons (Fsp3) is 0.650. The van der Waals surface area contributed by atoms with Gasteiger partial charge in [-0.2, -0.15) is 0 Å². The van der Waals surface area contributed by atoms with Crippen LogP contribution >= 0.6 is 11.3 Å². The number of aromatic nitrogens is 2. The molecule has 2 aliphatic heterocycles. The molecule has 8 nitrogen and oxygen atoms in total. The van der Waals surface area contributed by atoms with E-state index in [4.69, 9.17) is 19.4 Å². The Labute approximate surface area is 175 Å². The molecule has 4 rings (SSSR count). The van der Waals surface area contributed by atoms with Crippen LogP contribution in [0.5, 0.6) is 0 Å². The highest BCUT2D eigenvalue weighted by atomic mass is 32.1. The molecular formula is C20H29N5O3S. The van der Waals surface area contributed by atoms with Crippen LogP contribution in [-0.4, -0.2) is 71.8 Å². The summed E-state index contributed by atoms with van der Waals surface area (Å²) in [7, 11) is 0. The standard InChI is InChI=1S/C20H29N5O3S/c1-3-28-20(26)17-14(2)16-18(23-25-7-5-4-6-8-25)21-15(22-19(16)29-17)13-24-9-11-27-12-10-24/h3-13H2,1-2H3,(H,21,22,23). The molecule has 0 saturated carbocycles. The third kappa shape index (κ3) is 4.69.